The van der Waals surface area contributed by atoms with Crippen molar-refractivity contribution >= 4 is 17.5 Å². The van der Waals surface area contributed by atoms with Gasteiger partial charge in [-0.05, 0) is 60.8 Å². The number of hydrogen-bond acceptors (Lipinski definition) is 2. The van der Waals surface area contributed by atoms with Crippen LogP contribution in [-0.4, -0.2) is 30.5 Å². The summed E-state index contributed by atoms with van der Waals surface area (Å²) in [6.07, 6.45) is 3.14. The molecule has 0 radical (unpaired) electrons. The van der Waals surface area contributed by atoms with Gasteiger partial charge in [-0.15, -0.1) is 0 Å². The highest BCUT2D eigenvalue weighted by atomic mass is 35.5. The van der Waals surface area contributed by atoms with E-state index in [4.69, 9.17) is 16.3 Å². The topological polar surface area (TPSA) is 29.5 Å². The molecule has 25 heavy (non-hydrogen) atoms. The predicted molar refractivity (Wildman–Crippen MR) is 104 cm³/mol. The fourth-order valence-corrected chi connectivity index (χ4v) is 3.66. The molecule has 4 heteroatoms. The first-order valence-corrected chi connectivity index (χ1v) is 9.50. The Morgan fingerprint density at radius 1 is 1.40 bits per heavy atom. The number of likely N-dealkylation sites (tertiary alicyclic amines) is 1. The molecule has 0 spiro atoms. The van der Waals surface area contributed by atoms with E-state index in [0.717, 1.165) is 37.4 Å². The SMILES string of the molecule is C=C(OCC)C(=O)N1CCC(CCc2ccc(Cl)cc2C(C)(C)C)C1. The lowest BCUT2D eigenvalue weighted by Gasteiger charge is -2.24. The van der Waals surface area contributed by atoms with E-state index in [9.17, 15) is 4.79 Å². The van der Waals surface area contributed by atoms with Crippen LogP contribution in [0, 0.1) is 5.92 Å². The van der Waals surface area contributed by atoms with Gasteiger partial charge < -0.3 is 9.64 Å². The van der Waals surface area contributed by atoms with Crippen molar-refractivity contribution in [3.63, 3.8) is 0 Å². The first kappa shape index (κ1) is 19.8. The second kappa shape index (κ2) is 8.27. The van der Waals surface area contributed by atoms with E-state index in [1.807, 2.05) is 17.9 Å². The van der Waals surface area contributed by atoms with Crippen molar-refractivity contribution in [1.82, 2.24) is 4.90 Å². The Hall–Kier alpha value is -1.48. The molecule has 0 saturated carbocycles. The third-order valence-corrected chi connectivity index (χ3v) is 5.07. The number of carbonyl (C=O) groups excluding carboxylic acids is 1. The number of carbonyl (C=O) groups is 1. The number of hydrogen-bond donors (Lipinski definition) is 0. The van der Waals surface area contributed by atoms with Gasteiger partial charge in [-0.3, -0.25) is 4.79 Å². The van der Waals surface area contributed by atoms with E-state index in [0.29, 0.717) is 12.5 Å². The van der Waals surface area contributed by atoms with E-state index in [2.05, 4.69) is 39.5 Å². The van der Waals surface area contributed by atoms with Crippen molar-refractivity contribution in [3.8, 4) is 0 Å². The molecule has 1 aromatic carbocycles. The van der Waals surface area contributed by atoms with E-state index in [1.165, 1.54) is 11.1 Å². The van der Waals surface area contributed by atoms with Crippen LogP contribution in [0.2, 0.25) is 5.02 Å². The molecule has 1 atom stereocenters. The van der Waals surface area contributed by atoms with Crippen molar-refractivity contribution in [1.29, 1.82) is 0 Å². The Kier molecular flexibility index (Phi) is 6.56. The average Bonchev–Trinajstić information content (AvgIpc) is 3.01. The Balaban J connectivity index is 1.95. The molecular weight excluding hydrogens is 334 g/mol. The van der Waals surface area contributed by atoms with Gasteiger partial charge in [0.25, 0.3) is 5.91 Å². The Morgan fingerprint density at radius 2 is 2.12 bits per heavy atom. The number of nitrogens with zero attached hydrogens (tertiary/aromatic N) is 1. The number of amides is 1. The molecule has 1 aromatic rings. The molecule has 0 bridgehead atoms. The Bertz CT molecular complexity index is 633. The van der Waals surface area contributed by atoms with E-state index >= 15 is 0 Å². The van der Waals surface area contributed by atoms with Crippen LogP contribution in [0.3, 0.4) is 0 Å². The summed E-state index contributed by atoms with van der Waals surface area (Å²) in [5, 5.41) is 0.792. The maximum atomic E-state index is 12.3. The zero-order valence-electron chi connectivity index (χ0n) is 15.9. The molecular formula is C21H30ClNO2. The second-order valence-electron chi connectivity index (χ2n) is 7.85. The first-order chi connectivity index (χ1) is 11.7. The highest BCUT2D eigenvalue weighted by Crippen LogP contribution is 2.31. The summed E-state index contributed by atoms with van der Waals surface area (Å²) >= 11 is 6.20. The van der Waals surface area contributed by atoms with Crippen LogP contribution in [0.5, 0.6) is 0 Å². The van der Waals surface area contributed by atoms with Gasteiger partial charge >= 0.3 is 0 Å². The molecule has 1 heterocycles. The number of aryl methyl sites for hydroxylation is 1. The summed E-state index contributed by atoms with van der Waals surface area (Å²) in [7, 11) is 0. The lowest BCUT2D eigenvalue weighted by Crippen LogP contribution is -2.30. The van der Waals surface area contributed by atoms with Crippen LogP contribution in [-0.2, 0) is 21.4 Å². The van der Waals surface area contributed by atoms with Crippen molar-refractivity contribution in [3.05, 3.63) is 46.7 Å². The van der Waals surface area contributed by atoms with Gasteiger partial charge in [0, 0.05) is 18.1 Å². The smallest absolute Gasteiger partial charge is 0.288 e. The normalized spacial score (nSPS) is 17.6. The van der Waals surface area contributed by atoms with Crippen LogP contribution < -0.4 is 0 Å². The van der Waals surface area contributed by atoms with Crippen LogP contribution in [0.15, 0.2) is 30.5 Å². The fourth-order valence-electron chi connectivity index (χ4n) is 3.49. The second-order valence-corrected chi connectivity index (χ2v) is 8.29. The predicted octanol–water partition coefficient (Wildman–Crippen LogP) is 4.97. The zero-order chi connectivity index (χ0) is 18.6. The van der Waals surface area contributed by atoms with E-state index in [1.54, 1.807) is 0 Å². The third-order valence-electron chi connectivity index (χ3n) is 4.83. The van der Waals surface area contributed by atoms with Crippen LogP contribution in [0.1, 0.15) is 51.7 Å². The highest BCUT2D eigenvalue weighted by molar-refractivity contribution is 6.30. The molecule has 0 aliphatic carbocycles. The van der Waals surface area contributed by atoms with Gasteiger partial charge in [0.15, 0.2) is 5.76 Å². The molecule has 3 nitrogen and oxygen atoms in total. The summed E-state index contributed by atoms with van der Waals surface area (Å²) in [5.74, 6) is 0.726. The first-order valence-electron chi connectivity index (χ1n) is 9.12. The van der Waals surface area contributed by atoms with Crippen LogP contribution in [0.4, 0.5) is 0 Å². The van der Waals surface area contributed by atoms with Crippen molar-refractivity contribution in [2.24, 2.45) is 5.92 Å². The minimum Gasteiger partial charge on any atom is -0.489 e. The maximum Gasteiger partial charge on any atom is 0.288 e. The van der Waals surface area contributed by atoms with Gasteiger partial charge in [0.2, 0.25) is 0 Å². The summed E-state index contributed by atoms with van der Waals surface area (Å²) in [6, 6.07) is 6.22. The monoisotopic (exact) mass is 363 g/mol. The summed E-state index contributed by atoms with van der Waals surface area (Å²) in [5.41, 5.74) is 2.75. The molecule has 1 aliphatic heterocycles. The maximum absolute atomic E-state index is 12.3. The summed E-state index contributed by atoms with van der Waals surface area (Å²) in [6.45, 7) is 14.3. The lowest BCUT2D eigenvalue weighted by molar-refractivity contribution is -0.129. The minimum absolute atomic E-state index is 0.0637. The molecule has 1 saturated heterocycles. The van der Waals surface area contributed by atoms with Gasteiger partial charge in [0.1, 0.15) is 0 Å². The van der Waals surface area contributed by atoms with E-state index in [-0.39, 0.29) is 17.1 Å². The van der Waals surface area contributed by atoms with Gasteiger partial charge in [-0.2, -0.15) is 0 Å². The van der Waals surface area contributed by atoms with E-state index < -0.39 is 0 Å². The Labute approximate surface area is 157 Å². The third kappa shape index (κ3) is 5.24. The molecule has 1 aliphatic rings. The van der Waals surface area contributed by atoms with Gasteiger partial charge in [0.05, 0.1) is 6.61 Å². The summed E-state index contributed by atoms with van der Waals surface area (Å²) < 4.78 is 5.25. The largest absolute Gasteiger partial charge is 0.489 e. The van der Waals surface area contributed by atoms with Crippen LogP contribution >= 0.6 is 11.6 Å². The van der Waals surface area contributed by atoms with Crippen molar-refractivity contribution in [2.45, 2.75) is 52.4 Å². The van der Waals surface area contributed by atoms with Crippen molar-refractivity contribution in [2.75, 3.05) is 19.7 Å². The average molecular weight is 364 g/mol. The molecule has 2 rings (SSSR count). The number of benzene rings is 1. The highest BCUT2D eigenvalue weighted by Gasteiger charge is 2.28. The number of ether oxygens (including phenoxy) is 1. The van der Waals surface area contributed by atoms with Crippen molar-refractivity contribution < 1.29 is 9.53 Å². The molecule has 1 unspecified atom stereocenters. The van der Waals surface area contributed by atoms with Crippen LogP contribution in [0.25, 0.3) is 0 Å². The molecule has 1 amide bonds. The minimum atomic E-state index is -0.0637. The quantitative estimate of drug-likeness (QED) is 0.527. The molecule has 0 N–H and O–H groups in total. The van der Waals surface area contributed by atoms with Gasteiger partial charge in [-0.1, -0.05) is 45.0 Å². The lowest BCUT2D eigenvalue weighted by atomic mass is 9.82. The Morgan fingerprint density at radius 3 is 2.76 bits per heavy atom. The fraction of sp³-hybridized carbons (Fsp3) is 0.571. The molecule has 138 valence electrons. The zero-order valence-corrected chi connectivity index (χ0v) is 16.7. The summed E-state index contributed by atoms with van der Waals surface area (Å²) in [4.78, 5) is 14.1. The van der Waals surface area contributed by atoms with Gasteiger partial charge in [-0.25, -0.2) is 0 Å². The molecule has 1 fully saturated rings. The molecule has 0 aromatic heterocycles. The number of halogens is 1. The number of rotatable bonds is 6. The standard InChI is InChI=1S/C21H30ClNO2/c1-6-25-15(2)20(24)23-12-11-16(14-23)7-8-17-9-10-18(22)13-19(17)21(3,4)5/h9-10,13,16H,2,6-8,11-12,14H2,1,3-5H3.